The summed E-state index contributed by atoms with van der Waals surface area (Å²) in [6, 6.07) is 0. The lowest BCUT2D eigenvalue weighted by molar-refractivity contribution is -0.0740. The molecule has 4 atom stereocenters. The molecular weight excluding hydrogens is 184 g/mol. The van der Waals surface area contributed by atoms with E-state index in [9.17, 15) is 5.11 Å². The van der Waals surface area contributed by atoms with Gasteiger partial charge in [0.2, 0.25) is 0 Å². The molecule has 0 amide bonds. The lowest BCUT2D eigenvalue weighted by Gasteiger charge is -2.44. The highest BCUT2D eigenvalue weighted by Crippen LogP contribution is 2.63. The molecule has 2 fully saturated rings. The first-order valence-corrected chi connectivity index (χ1v) is 6.64. The summed E-state index contributed by atoms with van der Waals surface area (Å²) < 4.78 is 0. The molecule has 2 rings (SSSR count). The zero-order valence-corrected chi connectivity index (χ0v) is 10.7. The number of unbranched alkanes of at least 4 members (excludes halogenated alkanes) is 1. The van der Waals surface area contributed by atoms with Crippen LogP contribution in [0.2, 0.25) is 0 Å². The van der Waals surface area contributed by atoms with E-state index < -0.39 is 0 Å². The topological polar surface area (TPSA) is 20.2 Å². The Morgan fingerprint density at radius 3 is 2.47 bits per heavy atom. The second-order valence-corrected chi connectivity index (χ2v) is 6.56. The van der Waals surface area contributed by atoms with E-state index in [1.807, 2.05) is 0 Å². The van der Waals surface area contributed by atoms with E-state index in [0.717, 1.165) is 18.8 Å². The van der Waals surface area contributed by atoms with Crippen LogP contribution in [0.15, 0.2) is 0 Å². The number of hydrogen-bond acceptors (Lipinski definition) is 1. The molecule has 0 saturated heterocycles. The Balaban J connectivity index is 2.10. The molecule has 2 aliphatic rings. The van der Waals surface area contributed by atoms with E-state index in [1.54, 1.807) is 0 Å². The summed E-state index contributed by atoms with van der Waals surface area (Å²) in [5, 5.41) is 10.7. The molecule has 88 valence electrons. The first-order valence-electron chi connectivity index (χ1n) is 6.64. The third-order valence-corrected chi connectivity index (χ3v) is 5.62. The SMILES string of the molecule is CCCC[C@]1(O)C[C@@H]2C[C@@H]1[C@H](C)C2(C)C. The van der Waals surface area contributed by atoms with Crippen molar-refractivity contribution in [2.75, 3.05) is 0 Å². The Bertz CT molecular complexity index is 242. The average molecular weight is 210 g/mol. The Morgan fingerprint density at radius 2 is 2.00 bits per heavy atom. The highest BCUT2D eigenvalue weighted by molar-refractivity contribution is 5.10. The second kappa shape index (κ2) is 3.48. The van der Waals surface area contributed by atoms with Crippen molar-refractivity contribution in [2.24, 2.45) is 23.2 Å². The van der Waals surface area contributed by atoms with Gasteiger partial charge in [-0.1, -0.05) is 40.5 Å². The van der Waals surface area contributed by atoms with Crippen molar-refractivity contribution < 1.29 is 5.11 Å². The summed E-state index contributed by atoms with van der Waals surface area (Å²) >= 11 is 0. The van der Waals surface area contributed by atoms with Gasteiger partial charge in [-0.2, -0.15) is 0 Å². The van der Waals surface area contributed by atoms with Crippen LogP contribution in [0.25, 0.3) is 0 Å². The summed E-state index contributed by atoms with van der Waals surface area (Å²) in [5.41, 5.74) is 0.152. The molecule has 2 bridgehead atoms. The van der Waals surface area contributed by atoms with Crippen LogP contribution >= 0.6 is 0 Å². The lowest BCUT2D eigenvalue weighted by atomic mass is 9.63. The first kappa shape index (κ1) is 11.4. The van der Waals surface area contributed by atoms with Crippen LogP contribution in [0.3, 0.4) is 0 Å². The molecule has 15 heavy (non-hydrogen) atoms. The third kappa shape index (κ3) is 1.54. The maximum Gasteiger partial charge on any atom is 0.0681 e. The van der Waals surface area contributed by atoms with Crippen molar-refractivity contribution in [1.82, 2.24) is 0 Å². The molecule has 0 aromatic rings. The minimum atomic E-state index is -0.310. The summed E-state index contributed by atoms with van der Waals surface area (Å²) in [6.45, 7) is 9.34. The molecule has 2 saturated carbocycles. The van der Waals surface area contributed by atoms with Crippen molar-refractivity contribution in [3.05, 3.63) is 0 Å². The van der Waals surface area contributed by atoms with Gasteiger partial charge in [0.25, 0.3) is 0 Å². The summed E-state index contributed by atoms with van der Waals surface area (Å²) in [6.07, 6.45) is 5.76. The minimum Gasteiger partial charge on any atom is -0.390 e. The van der Waals surface area contributed by atoms with Crippen LogP contribution < -0.4 is 0 Å². The van der Waals surface area contributed by atoms with Gasteiger partial charge in [0, 0.05) is 0 Å². The maximum absolute atomic E-state index is 10.7. The van der Waals surface area contributed by atoms with Crippen LogP contribution in [0, 0.1) is 23.2 Å². The van der Waals surface area contributed by atoms with E-state index in [1.165, 1.54) is 19.3 Å². The van der Waals surface area contributed by atoms with E-state index in [0.29, 0.717) is 17.3 Å². The fourth-order valence-electron chi connectivity index (χ4n) is 4.08. The van der Waals surface area contributed by atoms with Crippen molar-refractivity contribution in [1.29, 1.82) is 0 Å². The van der Waals surface area contributed by atoms with Gasteiger partial charge in [0.05, 0.1) is 5.60 Å². The van der Waals surface area contributed by atoms with Gasteiger partial charge in [0.15, 0.2) is 0 Å². The summed E-state index contributed by atoms with van der Waals surface area (Å²) in [7, 11) is 0. The Morgan fingerprint density at radius 1 is 1.33 bits per heavy atom. The molecule has 0 heterocycles. The zero-order valence-electron chi connectivity index (χ0n) is 10.7. The van der Waals surface area contributed by atoms with Crippen molar-refractivity contribution in [3.63, 3.8) is 0 Å². The molecule has 0 aromatic heterocycles. The summed E-state index contributed by atoms with van der Waals surface area (Å²) in [5.74, 6) is 2.03. The molecular formula is C14H26O. The van der Waals surface area contributed by atoms with Crippen LogP contribution in [0.1, 0.15) is 59.8 Å². The first-order chi connectivity index (χ1) is 6.92. The quantitative estimate of drug-likeness (QED) is 0.754. The predicted octanol–water partition coefficient (Wildman–Crippen LogP) is 3.61. The normalized spacial score (nSPS) is 47.4. The summed E-state index contributed by atoms with van der Waals surface area (Å²) in [4.78, 5) is 0. The molecule has 0 aliphatic heterocycles. The Labute approximate surface area is 94.3 Å². The van der Waals surface area contributed by atoms with Gasteiger partial charge in [0.1, 0.15) is 0 Å². The number of hydrogen-bond donors (Lipinski definition) is 1. The van der Waals surface area contributed by atoms with Crippen LogP contribution in [-0.4, -0.2) is 10.7 Å². The van der Waals surface area contributed by atoms with Gasteiger partial charge in [-0.3, -0.25) is 0 Å². The van der Waals surface area contributed by atoms with Crippen LogP contribution in [0.4, 0.5) is 0 Å². The standard InChI is InChI=1S/C14H26O/c1-5-6-7-14(15)9-11-8-12(14)10(2)13(11,3)4/h10-12,15H,5-9H2,1-4H3/t10-,11-,12+,14-/m0/s1. The Kier molecular flexibility index (Phi) is 2.65. The molecule has 1 N–H and O–H groups in total. The number of aliphatic hydroxyl groups is 1. The van der Waals surface area contributed by atoms with Crippen LogP contribution in [0.5, 0.6) is 0 Å². The highest BCUT2D eigenvalue weighted by Gasteiger charge is 2.60. The third-order valence-electron chi connectivity index (χ3n) is 5.62. The monoisotopic (exact) mass is 210 g/mol. The van der Waals surface area contributed by atoms with E-state index in [-0.39, 0.29) is 5.60 Å². The van der Waals surface area contributed by atoms with Gasteiger partial charge in [-0.25, -0.2) is 0 Å². The van der Waals surface area contributed by atoms with E-state index >= 15 is 0 Å². The van der Waals surface area contributed by atoms with E-state index in [4.69, 9.17) is 0 Å². The Hall–Kier alpha value is -0.0400. The molecule has 0 radical (unpaired) electrons. The maximum atomic E-state index is 10.7. The predicted molar refractivity (Wildman–Crippen MR) is 63.6 cm³/mol. The van der Waals surface area contributed by atoms with Gasteiger partial charge in [-0.15, -0.1) is 0 Å². The van der Waals surface area contributed by atoms with Crippen molar-refractivity contribution >= 4 is 0 Å². The average Bonchev–Trinajstić information content (AvgIpc) is 2.61. The number of fused-ring (bicyclic) bond motifs is 2. The molecule has 0 spiro atoms. The fraction of sp³-hybridized carbons (Fsp3) is 1.00. The molecule has 1 nitrogen and oxygen atoms in total. The molecule has 1 heteroatoms. The molecule has 0 unspecified atom stereocenters. The molecule has 0 aromatic carbocycles. The largest absolute Gasteiger partial charge is 0.390 e. The van der Waals surface area contributed by atoms with Gasteiger partial charge < -0.3 is 5.11 Å². The lowest BCUT2D eigenvalue weighted by Crippen LogP contribution is -2.44. The van der Waals surface area contributed by atoms with Crippen molar-refractivity contribution in [3.8, 4) is 0 Å². The van der Waals surface area contributed by atoms with E-state index in [2.05, 4.69) is 27.7 Å². The highest BCUT2D eigenvalue weighted by atomic mass is 16.3. The van der Waals surface area contributed by atoms with Gasteiger partial charge >= 0.3 is 0 Å². The second-order valence-electron chi connectivity index (χ2n) is 6.56. The minimum absolute atomic E-state index is 0.310. The van der Waals surface area contributed by atoms with Crippen LogP contribution in [-0.2, 0) is 0 Å². The molecule has 2 aliphatic carbocycles. The fourth-order valence-corrected chi connectivity index (χ4v) is 4.08. The van der Waals surface area contributed by atoms with Crippen molar-refractivity contribution in [2.45, 2.75) is 65.4 Å². The van der Waals surface area contributed by atoms with Gasteiger partial charge in [-0.05, 0) is 42.4 Å². The number of rotatable bonds is 3. The zero-order chi connectivity index (χ0) is 11.3. The smallest absolute Gasteiger partial charge is 0.0681 e.